The highest BCUT2D eigenvalue weighted by Crippen LogP contribution is 2.00. The molecule has 0 radical (unpaired) electrons. The molecule has 66 valence electrons. The molecular weight excluding hydrogens is 192 g/mol. The topological polar surface area (TPSA) is 42.0 Å². The smallest absolute Gasteiger partial charge is 0.229 e. The Morgan fingerprint density at radius 2 is 2.58 bits per heavy atom. The Morgan fingerprint density at radius 1 is 1.75 bits per heavy atom. The second kappa shape index (κ2) is 5.16. The van der Waals surface area contributed by atoms with E-state index in [1.54, 1.807) is 16.8 Å². The van der Waals surface area contributed by atoms with Crippen LogP contribution in [0.15, 0.2) is 10.9 Å². The van der Waals surface area contributed by atoms with Crippen molar-refractivity contribution in [2.24, 2.45) is 0 Å². The highest BCUT2D eigenvalue weighted by Gasteiger charge is 1.97. The van der Waals surface area contributed by atoms with Gasteiger partial charge in [0.05, 0.1) is 17.0 Å². The van der Waals surface area contributed by atoms with Gasteiger partial charge in [0.15, 0.2) is 0 Å². The monoisotopic (exact) mass is 202 g/mol. The van der Waals surface area contributed by atoms with Gasteiger partial charge in [-0.25, -0.2) is 4.98 Å². The summed E-state index contributed by atoms with van der Waals surface area (Å²) in [4.78, 5) is 14.8. The van der Waals surface area contributed by atoms with E-state index in [1.807, 2.05) is 5.38 Å². The van der Waals surface area contributed by atoms with Crippen LogP contribution >= 0.6 is 24.0 Å². The lowest BCUT2D eigenvalue weighted by Gasteiger charge is -1.99. The van der Waals surface area contributed by atoms with Gasteiger partial charge in [-0.15, -0.1) is 11.3 Å². The number of thiol groups is 1. The van der Waals surface area contributed by atoms with E-state index in [9.17, 15) is 4.79 Å². The number of hydrogen-bond donors (Lipinski definition) is 2. The minimum atomic E-state index is -0.0337. The standard InChI is InChI=1S/C7H10N2OS2/c10-7(3-11)8-2-1-6-4-12-5-9-6/h4-5,11H,1-3H2,(H,8,10). The molecule has 3 nitrogen and oxygen atoms in total. The van der Waals surface area contributed by atoms with E-state index >= 15 is 0 Å². The maximum Gasteiger partial charge on any atom is 0.229 e. The van der Waals surface area contributed by atoms with Crippen molar-refractivity contribution >= 4 is 29.9 Å². The first-order valence-corrected chi connectivity index (χ1v) is 5.15. The average molecular weight is 202 g/mol. The Balaban J connectivity index is 2.15. The van der Waals surface area contributed by atoms with Crippen molar-refractivity contribution in [2.75, 3.05) is 12.3 Å². The van der Waals surface area contributed by atoms with Crippen molar-refractivity contribution < 1.29 is 4.79 Å². The minimum absolute atomic E-state index is 0.0337. The molecule has 12 heavy (non-hydrogen) atoms. The van der Waals surface area contributed by atoms with E-state index in [1.165, 1.54) is 0 Å². The van der Waals surface area contributed by atoms with Crippen molar-refractivity contribution in [1.29, 1.82) is 0 Å². The van der Waals surface area contributed by atoms with Crippen LogP contribution in [0.4, 0.5) is 0 Å². The molecule has 1 amide bonds. The third-order valence-electron chi connectivity index (χ3n) is 1.33. The molecular formula is C7H10N2OS2. The Labute approximate surface area is 80.6 Å². The molecule has 1 N–H and O–H groups in total. The molecule has 0 aliphatic heterocycles. The van der Waals surface area contributed by atoms with E-state index in [0.717, 1.165) is 12.1 Å². The Kier molecular flexibility index (Phi) is 4.10. The predicted molar refractivity (Wildman–Crippen MR) is 52.7 cm³/mol. The van der Waals surface area contributed by atoms with E-state index in [0.29, 0.717) is 6.54 Å². The maximum absolute atomic E-state index is 10.7. The number of nitrogens with one attached hydrogen (secondary N) is 1. The van der Waals surface area contributed by atoms with Crippen LogP contribution in [-0.2, 0) is 11.2 Å². The SMILES string of the molecule is O=C(CS)NCCc1cscn1. The number of aromatic nitrogens is 1. The third-order valence-corrected chi connectivity index (χ3v) is 2.25. The molecule has 0 aliphatic rings. The fraction of sp³-hybridized carbons (Fsp3) is 0.429. The second-order valence-electron chi connectivity index (χ2n) is 2.24. The van der Waals surface area contributed by atoms with Gasteiger partial charge >= 0.3 is 0 Å². The quantitative estimate of drug-likeness (QED) is 0.707. The molecule has 0 aliphatic carbocycles. The molecule has 0 spiro atoms. The highest BCUT2D eigenvalue weighted by molar-refractivity contribution is 7.81. The van der Waals surface area contributed by atoms with Crippen LogP contribution in [0.25, 0.3) is 0 Å². The van der Waals surface area contributed by atoms with E-state index in [4.69, 9.17) is 0 Å². The van der Waals surface area contributed by atoms with Gasteiger partial charge in [0.1, 0.15) is 0 Å². The predicted octanol–water partition coefficient (Wildman–Crippen LogP) is 0.732. The molecule has 0 aromatic carbocycles. The zero-order chi connectivity index (χ0) is 8.81. The average Bonchev–Trinajstić information content (AvgIpc) is 2.57. The number of thiazole rings is 1. The molecule has 0 fully saturated rings. The molecule has 5 heteroatoms. The van der Waals surface area contributed by atoms with Gasteiger partial charge in [0, 0.05) is 18.3 Å². The summed E-state index contributed by atoms with van der Waals surface area (Å²) in [7, 11) is 0. The normalized spacial score (nSPS) is 9.75. The largest absolute Gasteiger partial charge is 0.355 e. The van der Waals surface area contributed by atoms with Gasteiger partial charge in [-0.3, -0.25) is 4.79 Å². The van der Waals surface area contributed by atoms with Gasteiger partial charge in [-0.2, -0.15) is 12.6 Å². The van der Waals surface area contributed by atoms with Crippen LogP contribution in [0.2, 0.25) is 0 Å². The summed E-state index contributed by atoms with van der Waals surface area (Å²) < 4.78 is 0. The van der Waals surface area contributed by atoms with E-state index in [-0.39, 0.29) is 11.7 Å². The fourth-order valence-corrected chi connectivity index (χ4v) is 1.45. The third kappa shape index (κ3) is 3.23. The summed E-state index contributed by atoms with van der Waals surface area (Å²) in [6.07, 6.45) is 0.795. The molecule has 1 aromatic heterocycles. The van der Waals surface area contributed by atoms with Crippen LogP contribution in [0.1, 0.15) is 5.69 Å². The van der Waals surface area contributed by atoms with Crippen molar-refractivity contribution in [3.8, 4) is 0 Å². The summed E-state index contributed by atoms with van der Waals surface area (Å²) >= 11 is 5.40. The zero-order valence-electron chi connectivity index (χ0n) is 6.49. The maximum atomic E-state index is 10.7. The van der Waals surface area contributed by atoms with Crippen LogP contribution < -0.4 is 5.32 Å². The lowest BCUT2D eigenvalue weighted by atomic mass is 10.3. The van der Waals surface area contributed by atoms with Crippen molar-refractivity contribution in [2.45, 2.75) is 6.42 Å². The highest BCUT2D eigenvalue weighted by atomic mass is 32.1. The first-order chi connectivity index (χ1) is 5.83. The van der Waals surface area contributed by atoms with Crippen molar-refractivity contribution in [3.05, 3.63) is 16.6 Å². The van der Waals surface area contributed by atoms with Gasteiger partial charge in [-0.1, -0.05) is 0 Å². The van der Waals surface area contributed by atoms with Gasteiger partial charge in [0.25, 0.3) is 0 Å². The fourth-order valence-electron chi connectivity index (χ4n) is 0.747. The Morgan fingerprint density at radius 3 is 3.17 bits per heavy atom. The van der Waals surface area contributed by atoms with E-state index < -0.39 is 0 Å². The van der Waals surface area contributed by atoms with Crippen LogP contribution in [-0.4, -0.2) is 23.2 Å². The zero-order valence-corrected chi connectivity index (χ0v) is 8.20. The molecule has 1 heterocycles. The van der Waals surface area contributed by atoms with Crippen LogP contribution in [0.5, 0.6) is 0 Å². The lowest BCUT2D eigenvalue weighted by molar-refractivity contribution is -0.118. The number of amides is 1. The Bertz CT molecular complexity index is 236. The summed E-state index contributed by atoms with van der Waals surface area (Å²) in [6.45, 7) is 0.642. The molecule has 0 unspecified atom stereocenters. The number of nitrogens with zero attached hydrogens (tertiary/aromatic N) is 1. The second-order valence-corrected chi connectivity index (χ2v) is 3.27. The van der Waals surface area contributed by atoms with Crippen LogP contribution in [0, 0.1) is 0 Å². The van der Waals surface area contributed by atoms with Crippen LogP contribution in [0.3, 0.4) is 0 Å². The minimum Gasteiger partial charge on any atom is -0.355 e. The molecule has 1 aromatic rings. The molecule has 0 bridgehead atoms. The first-order valence-electron chi connectivity index (χ1n) is 3.57. The van der Waals surface area contributed by atoms with Gasteiger partial charge in [0.2, 0.25) is 5.91 Å². The molecule has 0 saturated carbocycles. The first kappa shape index (κ1) is 9.54. The summed E-state index contributed by atoms with van der Waals surface area (Å²) in [6, 6.07) is 0. The number of carbonyl (C=O) groups is 1. The number of carbonyl (C=O) groups excluding carboxylic acids is 1. The lowest BCUT2D eigenvalue weighted by Crippen LogP contribution is -2.26. The number of rotatable bonds is 4. The summed E-state index contributed by atoms with van der Waals surface area (Å²) in [5, 5.41) is 4.70. The Hall–Kier alpha value is -0.550. The van der Waals surface area contributed by atoms with Crippen molar-refractivity contribution in [1.82, 2.24) is 10.3 Å². The molecule has 1 rings (SSSR count). The molecule has 0 atom stereocenters. The summed E-state index contributed by atoms with van der Waals surface area (Å²) in [5.41, 5.74) is 2.81. The van der Waals surface area contributed by atoms with E-state index in [2.05, 4.69) is 22.9 Å². The van der Waals surface area contributed by atoms with Gasteiger partial charge in [-0.05, 0) is 0 Å². The number of hydrogen-bond acceptors (Lipinski definition) is 4. The van der Waals surface area contributed by atoms with Crippen molar-refractivity contribution in [3.63, 3.8) is 0 Å². The summed E-state index contributed by atoms with van der Waals surface area (Å²) in [5.74, 6) is 0.213. The van der Waals surface area contributed by atoms with Gasteiger partial charge < -0.3 is 5.32 Å². The molecule has 0 saturated heterocycles.